The van der Waals surface area contributed by atoms with E-state index in [9.17, 15) is 0 Å². The molecule has 1 saturated heterocycles. The molecule has 0 aromatic rings. The molecule has 14 heavy (non-hydrogen) atoms. The van der Waals surface area contributed by atoms with Gasteiger partial charge in [0, 0.05) is 12.1 Å². The standard InChI is InChI=1S/C13H23N/c1-3-11-10-7-5-6-8-13(10)9-12(13)14(11)4-2/h10-12H,3-9H2,1-2H3. The molecule has 0 bridgehead atoms. The van der Waals surface area contributed by atoms with E-state index < -0.39 is 0 Å². The van der Waals surface area contributed by atoms with Crippen LogP contribution in [0.15, 0.2) is 0 Å². The van der Waals surface area contributed by atoms with E-state index in [1.807, 2.05) is 0 Å². The highest BCUT2D eigenvalue weighted by atomic mass is 15.3. The van der Waals surface area contributed by atoms with Gasteiger partial charge in [0.2, 0.25) is 0 Å². The zero-order valence-electron chi connectivity index (χ0n) is 9.63. The number of nitrogens with zero attached hydrogens (tertiary/aromatic N) is 1. The van der Waals surface area contributed by atoms with Crippen molar-refractivity contribution in [2.45, 2.75) is 64.5 Å². The third-order valence-corrected chi connectivity index (χ3v) is 5.30. The van der Waals surface area contributed by atoms with Crippen LogP contribution in [-0.4, -0.2) is 23.5 Å². The minimum atomic E-state index is 0.828. The van der Waals surface area contributed by atoms with E-state index >= 15 is 0 Å². The molecule has 3 rings (SSSR count). The van der Waals surface area contributed by atoms with Crippen LogP contribution in [-0.2, 0) is 0 Å². The first-order chi connectivity index (χ1) is 6.83. The number of hydrogen-bond donors (Lipinski definition) is 0. The van der Waals surface area contributed by atoms with E-state index in [2.05, 4.69) is 18.7 Å². The van der Waals surface area contributed by atoms with Crippen LogP contribution in [0.1, 0.15) is 52.4 Å². The zero-order chi connectivity index (χ0) is 9.76. The molecule has 1 nitrogen and oxygen atoms in total. The maximum Gasteiger partial charge on any atom is 0.0164 e. The molecule has 0 amide bonds. The van der Waals surface area contributed by atoms with Crippen molar-refractivity contribution in [2.24, 2.45) is 11.3 Å². The Bertz CT molecular complexity index is 237. The Hall–Kier alpha value is -0.0400. The van der Waals surface area contributed by atoms with Crippen molar-refractivity contribution in [1.82, 2.24) is 4.90 Å². The third kappa shape index (κ3) is 0.946. The van der Waals surface area contributed by atoms with Gasteiger partial charge in [-0.1, -0.05) is 26.7 Å². The second kappa shape index (κ2) is 2.98. The molecule has 2 aliphatic carbocycles. The summed E-state index contributed by atoms with van der Waals surface area (Å²) in [6, 6.07) is 1.95. The Labute approximate surface area is 87.9 Å². The zero-order valence-corrected chi connectivity index (χ0v) is 9.63. The van der Waals surface area contributed by atoms with E-state index in [4.69, 9.17) is 0 Å². The van der Waals surface area contributed by atoms with E-state index in [1.54, 1.807) is 12.8 Å². The van der Waals surface area contributed by atoms with Crippen molar-refractivity contribution in [3.05, 3.63) is 0 Å². The molecule has 3 fully saturated rings. The molecule has 0 aromatic heterocycles. The number of hydrogen-bond acceptors (Lipinski definition) is 1. The lowest BCUT2D eigenvalue weighted by Gasteiger charge is -2.34. The lowest BCUT2D eigenvalue weighted by molar-refractivity contribution is 0.151. The fourth-order valence-corrected chi connectivity index (χ4v) is 4.72. The van der Waals surface area contributed by atoms with E-state index in [-0.39, 0.29) is 0 Å². The number of piperidine rings is 1. The third-order valence-electron chi connectivity index (χ3n) is 5.30. The van der Waals surface area contributed by atoms with Crippen LogP contribution in [0.4, 0.5) is 0 Å². The largest absolute Gasteiger partial charge is 0.297 e. The molecule has 4 atom stereocenters. The highest BCUT2D eigenvalue weighted by molar-refractivity contribution is 5.21. The van der Waals surface area contributed by atoms with Crippen LogP contribution in [0.2, 0.25) is 0 Å². The summed E-state index contributed by atoms with van der Waals surface area (Å²) < 4.78 is 0. The minimum Gasteiger partial charge on any atom is -0.297 e. The van der Waals surface area contributed by atoms with Gasteiger partial charge >= 0.3 is 0 Å². The summed E-state index contributed by atoms with van der Waals surface area (Å²) in [5, 5.41) is 0. The second-order valence-electron chi connectivity index (χ2n) is 5.61. The highest BCUT2D eigenvalue weighted by Gasteiger charge is 2.68. The lowest BCUT2D eigenvalue weighted by Crippen LogP contribution is -2.37. The molecular formula is C13H23N. The summed E-state index contributed by atoms with van der Waals surface area (Å²) >= 11 is 0. The van der Waals surface area contributed by atoms with E-state index in [1.165, 1.54) is 32.2 Å². The van der Waals surface area contributed by atoms with Crippen LogP contribution < -0.4 is 0 Å². The SMILES string of the molecule is CCC1C2CCCCC23CC3N1CC. The van der Waals surface area contributed by atoms with E-state index in [0.717, 1.165) is 23.4 Å². The van der Waals surface area contributed by atoms with E-state index in [0.29, 0.717) is 0 Å². The Morgan fingerprint density at radius 1 is 1.29 bits per heavy atom. The molecule has 0 aromatic carbocycles. The van der Waals surface area contributed by atoms with Crippen LogP contribution in [0.3, 0.4) is 0 Å². The van der Waals surface area contributed by atoms with Crippen LogP contribution in [0, 0.1) is 11.3 Å². The predicted molar refractivity (Wildman–Crippen MR) is 59.3 cm³/mol. The van der Waals surface area contributed by atoms with Gasteiger partial charge < -0.3 is 0 Å². The summed E-state index contributed by atoms with van der Waals surface area (Å²) in [7, 11) is 0. The van der Waals surface area contributed by atoms with Crippen molar-refractivity contribution in [3.63, 3.8) is 0 Å². The topological polar surface area (TPSA) is 3.24 Å². The minimum absolute atomic E-state index is 0.828. The van der Waals surface area contributed by atoms with Crippen molar-refractivity contribution in [1.29, 1.82) is 0 Å². The first-order valence-electron chi connectivity index (χ1n) is 6.59. The molecule has 80 valence electrons. The first kappa shape index (κ1) is 9.21. The van der Waals surface area contributed by atoms with Crippen LogP contribution in [0.5, 0.6) is 0 Å². The van der Waals surface area contributed by atoms with Crippen molar-refractivity contribution >= 4 is 0 Å². The fourth-order valence-electron chi connectivity index (χ4n) is 4.72. The van der Waals surface area contributed by atoms with Gasteiger partial charge in [-0.3, -0.25) is 4.90 Å². The maximum absolute atomic E-state index is 2.83. The Morgan fingerprint density at radius 2 is 2.14 bits per heavy atom. The average Bonchev–Trinajstić information content (AvgIpc) is 2.85. The molecule has 2 saturated carbocycles. The molecular weight excluding hydrogens is 170 g/mol. The molecule has 1 spiro atoms. The monoisotopic (exact) mass is 193 g/mol. The van der Waals surface area contributed by atoms with Crippen molar-refractivity contribution in [3.8, 4) is 0 Å². The lowest BCUT2D eigenvalue weighted by atomic mass is 9.73. The molecule has 0 radical (unpaired) electrons. The van der Waals surface area contributed by atoms with Crippen LogP contribution >= 0.6 is 0 Å². The van der Waals surface area contributed by atoms with Gasteiger partial charge in [0.25, 0.3) is 0 Å². The summed E-state index contributed by atoms with van der Waals surface area (Å²) in [5.41, 5.74) is 0.828. The maximum atomic E-state index is 2.83. The molecule has 3 aliphatic rings. The van der Waals surface area contributed by atoms with Gasteiger partial charge in [0.1, 0.15) is 0 Å². The second-order valence-corrected chi connectivity index (χ2v) is 5.61. The summed E-state index contributed by atoms with van der Waals surface area (Å²) in [5.74, 6) is 1.08. The predicted octanol–water partition coefficient (Wildman–Crippen LogP) is 3.05. The fraction of sp³-hybridized carbons (Fsp3) is 1.00. The molecule has 1 heterocycles. The number of rotatable bonds is 2. The molecule has 1 heteroatoms. The highest BCUT2D eigenvalue weighted by Crippen LogP contribution is 2.68. The first-order valence-corrected chi connectivity index (χ1v) is 6.59. The van der Waals surface area contributed by atoms with Gasteiger partial charge in [-0.25, -0.2) is 0 Å². The molecule has 0 N–H and O–H groups in total. The van der Waals surface area contributed by atoms with Crippen molar-refractivity contribution in [2.75, 3.05) is 6.54 Å². The quantitative estimate of drug-likeness (QED) is 0.651. The van der Waals surface area contributed by atoms with Gasteiger partial charge in [0.15, 0.2) is 0 Å². The van der Waals surface area contributed by atoms with Crippen LogP contribution in [0.25, 0.3) is 0 Å². The van der Waals surface area contributed by atoms with Crippen molar-refractivity contribution < 1.29 is 0 Å². The Balaban J connectivity index is 1.87. The van der Waals surface area contributed by atoms with Gasteiger partial charge in [-0.05, 0) is 43.6 Å². The smallest absolute Gasteiger partial charge is 0.0164 e. The molecule has 1 aliphatic heterocycles. The van der Waals surface area contributed by atoms with Gasteiger partial charge in [-0.2, -0.15) is 0 Å². The molecule has 4 unspecified atom stereocenters. The summed E-state index contributed by atoms with van der Waals surface area (Å²) in [6.07, 6.45) is 9.04. The average molecular weight is 193 g/mol. The summed E-state index contributed by atoms with van der Waals surface area (Å²) in [6.45, 7) is 6.04. The Kier molecular flexibility index (Phi) is 1.96. The van der Waals surface area contributed by atoms with Gasteiger partial charge in [0.05, 0.1) is 0 Å². The Morgan fingerprint density at radius 3 is 2.86 bits per heavy atom. The summed E-state index contributed by atoms with van der Waals surface area (Å²) in [4.78, 5) is 2.83. The van der Waals surface area contributed by atoms with Gasteiger partial charge in [-0.15, -0.1) is 0 Å². The normalized spacial score (nSPS) is 51.4. The number of likely N-dealkylation sites (tertiary alicyclic amines) is 1.